The summed E-state index contributed by atoms with van der Waals surface area (Å²) in [5.41, 5.74) is -1.01. The molecule has 1 aromatic heterocycles. The van der Waals surface area contributed by atoms with Crippen LogP contribution in [0.5, 0.6) is 0 Å². The van der Waals surface area contributed by atoms with Crippen LogP contribution >= 0.6 is 0 Å². The molecule has 1 aromatic rings. The Bertz CT molecular complexity index is 445. The van der Waals surface area contributed by atoms with Crippen LogP contribution in [0.1, 0.15) is 23.0 Å². The fourth-order valence-electron chi connectivity index (χ4n) is 1.02. The summed E-state index contributed by atoms with van der Waals surface area (Å²) in [6, 6.07) is 1.30. The van der Waals surface area contributed by atoms with Crippen LogP contribution in [0.25, 0.3) is 0 Å². The lowest BCUT2D eigenvalue weighted by Gasteiger charge is -2.08. The summed E-state index contributed by atoms with van der Waals surface area (Å²) in [6.07, 6.45) is 1.40. The molecule has 0 fully saturated rings. The molecule has 90 valence electrons. The van der Waals surface area contributed by atoms with Crippen molar-refractivity contribution in [1.82, 2.24) is 10.3 Å². The van der Waals surface area contributed by atoms with Crippen LogP contribution in [-0.4, -0.2) is 16.9 Å². The molecule has 1 rings (SSSR count). The van der Waals surface area contributed by atoms with E-state index in [2.05, 4.69) is 16.2 Å². The average molecular weight is 242 g/mol. The first-order valence-electron chi connectivity index (χ1n) is 4.65. The summed E-state index contributed by atoms with van der Waals surface area (Å²) < 4.78 is 36.6. The Balaban J connectivity index is 2.82. The number of rotatable bonds is 2. The van der Waals surface area contributed by atoms with Gasteiger partial charge < -0.3 is 5.32 Å². The molecule has 0 aliphatic heterocycles. The molecule has 6 heteroatoms. The quantitative estimate of drug-likeness (QED) is 0.804. The van der Waals surface area contributed by atoms with Gasteiger partial charge in [-0.1, -0.05) is 5.92 Å². The largest absolute Gasteiger partial charge is 0.433 e. The number of hydrogen-bond acceptors (Lipinski definition) is 2. The van der Waals surface area contributed by atoms with Crippen molar-refractivity contribution in [3.63, 3.8) is 0 Å². The maximum atomic E-state index is 12.2. The van der Waals surface area contributed by atoms with E-state index in [0.717, 1.165) is 18.3 Å². The first-order chi connectivity index (χ1) is 7.84. The van der Waals surface area contributed by atoms with Crippen LogP contribution in [0.2, 0.25) is 0 Å². The molecular formula is C11H9F3N2O. The minimum absolute atomic E-state index is 0.0279. The Labute approximate surface area is 96.0 Å². The molecule has 1 unspecified atom stereocenters. The van der Waals surface area contributed by atoms with Gasteiger partial charge in [0.2, 0.25) is 0 Å². The van der Waals surface area contributed by atoms with E-state index in [1.165, 1.54) is 0 Å². The maximum Gasteiger partial charge on any atom is 0.433 e. The lowest BCUT2D eigenvalue weighted by Crippen LogP contribution is -2.31. The Morgan fingerprint density at radius 1 is 1.53 bits per heavy atom. The normalized spacial score (nSPS) is 12.6. The second kappa shape index (κ2) is 4.87. The highest BCUT2D eigenvalue weighted by Gasteiger charge is 2.32. The van der Waals surface area contributed by atoms with Crippen LogP contribution < -0.4 is 5.32 Å². The average Bonchev–Trinajstić information content (AvgIpc) is 2.27. The third-order valence-corrected chi connectivity index (χ3v) is 1.91. The summed E-state index contributed by atoms with van der Waals surface area (Å²) in [5.74, 6) is 1.71. The van der Waals surface area contributed by atoms with Gasteiger partial charge in [0.25, 0.3) is 5.91 Å². The zero-order valence-corrected chi connectivity index (χ0v) is 8.88. The van der Waals surface area contributed by atoms with Crippen LogP contribution in [0.3, 0.4) is 0 Å². The van der Waals surface area contributed by atoms with Crippen molar-refractivity contribution in [2.45, 2.75) is 19.1 Å². The van der Waals surface area contributed by atoms with Gasteiger partial charge in [-0.2, -0.15) is 13.2 Å². The van der Waals surface area contributed by atoms with E-state index in [4.69, 9.17) is 6.42 Å². The Hall–Kier alpha value is -2.03. The SMILES string of the molecule is C#CC(C)NC(=O)c1ccc(C(F)(F)F)nc1. The van der Waals surface area contributed by atoms with Crippen LogP contribution in [0, 0.1) is 12.3 Å². The highest BCUT2D eigenvalue weighted by atomic mass is 19.4. The van der Waals surface area contributed by atoms with Crippen molar-refractivity contribution in [2.24, 2.45) is 0 Å². The fraction of sp³-hybridized carbons (Fsp3) is 0.273. The van der Waals surface area contributed by atoms with E-state index in [1.807, 2.05) is 0 Å². The highest BCUT2D eigenvalue weighted by molar-refractivity contribution is 5.94. The number of alkyl halides is 3. The van der Waals surface area contributed by atoms with Crippen molar-refractivity contribution in [3.8, 4) is 12.3 Å². The van der Waals surface area contributed by atoms with E-state index in [0.29, 0.717) is 0 Å². The van der Waals surface area contributed by atoms with Gasteiger partial charge in [0, 0.05) is 6.20 Å². The molecule has 0 aromatic carbocycles. The third kappa shape index (κ3) is 3.48. The van der Waals surface area contributed by atoms with Crippen molar-refractivity contribution < 1.29 is 18.0 Å². The predicted molar refractivity (Wildman–Crippen MR) is 55.0 cm³/mol. The fourth-order valence-corrected chi connectivity index (χ4v) is 1.02. The monoisotopic (exact) mass is 242 g/mol. The van der Waals surface area contributed by atoms with E-state index < -0.39 is 23.8 Å². The zero-order valence-electron chi connectivity index (χ0n) is 8.88. The maximum absolute atomic E-state index is 12.2. The topological polar surface area (TPSA) is 42.0 Å². The van der Waals surface area contributed by atoms with Crippen molar-refractivity contribution in [3.05, 3.63) is 29.6 Å². The number of nitrogens with zero attached hydrogens (tertiary/aromatic N) is 1. The van der Waals surface area contributed by atoms with Crippen molar-refractivity contribution >= 4 is 5.91 Å². The number of carbonyl (C=O) groups excluding carboxylic acids is 1. The number of aromatic nitrogens is 1. The molecule has 1 amide bonds. The molecule has 17 heavy (non-hydrogen) atoms. The zero-order chi connectivity index (χ0) is 13.1. The molecule has 0 aliphatic rings. The minimum Gasteiger partial charge on any atom is -0.339 e. The van der Waals surface area contributed by atoms with Crippen molar-refractivity contribution in [2.75, 3.05) is 0 Å². The second-order valence-corrected chi connectivity index (χ2v) is 3.29. The van der Waals surface area contributed by atoms with Crippen molar-refractivity contribution in [1.29, 1.82) is 0 Å². The van der Waals surface area contributed by atoms with Gasteiger partial charge >= 0.3 is 6.18 Å². The van der Waals surface area contributed by atoms with Gasteiger partial charge in [0.05, 0.1) is 11.6 Å². The molecule has 0 spiro atoms. The molecule has 0 bridgehead atoms. The number of pyridine rings is 1. The molecule has 0 saturated heterocycles. The number of hydrogen-bond donors (Lipinski definition) is 1. The van der Waals surface area contributed by atoms with E-state index in [1.54, 1.807) is 6.92 Å². The first-order valence-corrected chi connectivity index (χ1v) is 4.65. The van der Waals surface area contributed by atoms with Gasteiger partial charge in [0.15, 0.2) is 0 Å². The summed E-state index contributed by atoms with van der Waals surface area (Å²) in [4.78, 5) is 14.6. The first kappa shape index (κ1) is 13.0. The lowest BCUT2D eigenvalue weighted by atomic mass is 10.2. The Morgan fingerprint density at radius 3 is 2.59 bits per heavy atom. The molecule has 0 saturated carbocycles. The lowest BCUT2D eigenvalue weighted by molar-refractivity contribution is -0.141. The van der Waals surface area contributed by atoms with Gasteiger partial charge in [-0.25, -0.2) is 0 Å². The van der Waals surface area contributed by atoms with E-state index in [-0.39, 0.29) is 5.56 Å². The van der Waals surface area contributed by atoms with E-state index >= 15 is 0 Å². The standard InChI is InChI=1S/C11H9F3N2O/c1-3-7(2)16-10(17)8-4-5-9(15-6-8)11(12,13)14/h1,4-7H,2H3,(H,16,17). The smallest absolute Gasteiger partial charge is 0.339 e. The summed E-state index contributed by atoms with van der Waals surface area (Å²) in [6.45, 7) is 1.58. The predicted octanol–water partition coefficient (Wildman–Crippen LogP) is 1.85. The summed E-state index contributed by atoms with van der Waals surface area (Å²) in [5, 5.41) is 2.41. The molecule has 0 aliphatic carbocycles. The number of amides is 1. The molecule has 0 radical (unpaired) electrons. The summed E-state index contributed by atoms with van der Waals surface area (Å²) in [7, 11) is 0. The third-order valence-electron chi connectivity index (χ3n) is 1.91. The Morgan fingerprint density at radius 2 is 2.18 bits per heavy atom. The molecule has 1 N–H and O–H groups in total. The van der Waals surface area contributed by atoms with Gasteiger partial charge in [-0.05, 0) is 19.1 Å². The number of halogens is 3. The molecule has 1 atom stereocenters. The van der Waals surface area contributed by atoms with Gasteiger partial charge in [-0.3, -0.25) is 9.78 Å². The molecule has 3 nitrogen and oxygen atoms in total. The highest BCUT2D eigenvalue weighted by Crippen LogP contribution is 2.27. The number of nitrogens with one attached hydrogen (secondary N) is 1. The minimum atomic E-state index is -4.51. The van der Waals surface area contributed by atoms with Crippen LogP contribution in [-0.2, 0) is 6.18 Å². The molecular weight excluding hydrogens is 233 g/mol. The summed E-state index contributed by atoms with van der Waals surface area (Å²) >= 11 is 0. The van der Waals surface area contributed by atoms with Gasteiger partial charge in [-0.15, -0.1) is 6.42 Å². The van der Waals surface area contributed by atoms with Crippen LogP contribution in [0.15, 0.2) is 18.3 Å². The number of terminal acetylenes is 1. The van der Waals surface area contributed by atoms with Crippen LogP contribution in [0.4, 0.5) is 13.2 Å². The van der Waals surface area contributed by atoms with E-state index in [9.17, 15) is 18.0 Å². The number of carbonyl (C=O) groups is 1. The second-order valence-electron chi connectivity index (χ2n) is 3.29. The van der Waals surface area contributed by atoms with Gasteiger partial charge in [0.1, 0.15) is 5.69 Å². The molecule has 1 heterocycles. The Kier molecular flexibility index (Phi) is 3.73.